The second-order valence-electron chi connectivity index (χ2n) is 7.18. The van der Waals surface area contributed by atoms with E-state index < -0.39 is 0 Å². The lowest BCUT2D eigenvalue weighted by molar-refractivity contribution is 0.0950. The summed E-state index contributed by atoms with van der Waals surface area (Å²) in [6.45, 7) is 3.16. The van der Waals surface area contributed by atoms with Crippen LogP contribution in [0.15, 0.2) is 64.5 Å². The Morgan fingerprint density at radius 2 is 1.88 bits per heavy atom. The minimum Gasteiger partial charge on any atom is -0.346 e. The molecule has 0 atom stereocenters. The van der Waals surface area contributed by atoms with Crippen LogP contribution < -0.4 is 10.9 Å². The predicted octanol–water partition coefficient (Wildman–Crippen LogP) is 4.27. The van der Waals surface area contributed by atoms with E-state index in [1.807, 2.05) is 54.6 Å². The van der Waals surface area contributed by atoms with Gasteiger partial charge in [-0.3, -0.25) is 14.2 Å². The summed E-state index contributed by atoms with van der Waals surface area (Å²) >= 11 is 2.70. The molecule has 1 N–H and O–H groups in total. The van der Waals surface area contributed by atoms with E-state index in [-0.39, 0.29) is 11.5 Å². The summed E-state index contributed by atoms with van der Waals surface area (Å²) in [7, 11) is 0. The largest absolute Gasteiger partial charge is 0.346 e. The highest BCUT2D eigenvalue weighted by Crippen LogP contribution is 2.24. The van der Waals surface area contributed by atoms with E-state index in [9.17, 15) is 9.59 Å². The fraction of sp³-hybridized carbons (Fsp3) is 0.261. The highest BCUT2D eigenvalue weighted by atomic mass is 32.2. The molecule has 0 saturated heterocycles. The summed E-state index contributed by atoms with van der Waals surface area (Å²) in [5.41, 5.74) is 1.68. The van der Waals surface area contributed by atoms with Crippen molar-refractivity contribution in [1.82, 2.24) is 25.1 Å². The van der Waals surface area contributed by atoms with Gasteiger partial charge in [0, 0.05) is 13.1 Å². The standard InChI is InChI=1S/C23H23N5O2S2/c1-2-3-13-28-22(30)17-11-7-8-12-18(17)25-23(28)31-15-19-26-27-21(32-19)20(29)24-14-16-9-5-4-6-10-16/h4-12H,2-3,13-15H2,1H3,(H,24,29). The van der Waals surface area contributed by atoms with Crippen LogP contribution in [0.4, 0.5) is 0 Å². The molecule has 2 aromatic heterocycles. The first-order valence-electron chi connectivity index (χ1n) is 10.4. The third kappa shape index (κ3) is 5.23. The van der Waals surface area contributed by atoms with Gasteiger partial charge >= 0.3 is 0 Å². The van der Waals surface area contributed by atoms with E-state index >= 15 is 0 Å². The van der Waals surface area contributed by atoms with Gasteiger partial charge in [-0.15, -0.1) is 10.2 Å². The van der Waals surface area contributed by atoms with Gasteiger partial charge in [-0.05, 0) is 24.1 Å². The van der Waals surface area contributed by atoms with Crippen LogP contribution in [-0.4, -0.2) is 25.7 Å². The first kappa shape index (κ1) is 22.2. The number of amides is 1. The zero-order chi connectivity index (χ0) is 22.3. The minimum absolute atomic E-state index is 0.0233. The third-order valence-corrected chi connectivity index (χ3v) is 6.94. The lowest BCUT2D eigenvalue weighted by Crippen LogP contribution is -2.23. The Morgan fingerprint density at radius 1 is 1.09 bits per heavy atom. The Balaban J connectivity index is 1.46. The molecule has 32 heavy (non-hydrogen) atoms. The average molecular weight is 466 g/mol. The molecule has 0 saturated carbocycles. The van der Waals surface area contributed by atoms with Gasteiger partial charge in [0.25, 0.3) is 11.5 Å². The fourth-order valence-electron chi connectivity index (χ4n) is 3.16. The van der Waals surface area contributed by atoms with Gasteiger partial charge in [-0.25, -0.2) is 4.98 Å². The summed E-state index contributed by atoms with van der Waals surface area (Å²) in [5, 5.41) is 13.4. The van der Waals surface area contributed by atoms with E-state index in [1.54, 1.807) is 4.57 Å². The number of unbranched alkanes of at least 4 members (excludes halogenated alkanes) is 1. The van der Waals surface area contributed by atoms with Crippen LogP contribution in [-0.2, 0) is 18.8 Å². The topological polar surface area (TPSA) is 89.8 Å². The number of hydrogen-bond acceptors (Lipinski definition) is 7. The first-order chi connectivity index (χ1) is 15.7. The molecule has 0 aliphatic heterocycles. The number of nitrogens with zero attached hydrogens (tertiary/aromatic N) is 4. The van der Waals surface area contributed by atoms with Crippen molar-refractivity contribution in [2.24, 2.45) is 0 Å². The molecular weight excluding hydrogens is 442 g/mol. The number of aromatic nitrogens is 4. The molecule has 0 aliphatic rings. The summed E-state index contributed by atoms with van der Waals surface area (Å²) < 4.78 is 1.74. The number of benzene rings is 2. The fourth-order valence-corrected chi connectivity index (χ4v) is 4.92. The zero-order valence-electron chi connectivity index (χ0n) is 17.7. The molecule has 1 amide bonds. The van der Waals surface area contributed by atoms with Crippen LogP contribution in [0.2, 0.25) is 0 Å². The minimum atomic E-state index is -0.244. The van der Waals surface area contributed by atoms with Crippen molar-refractivity contribution in [3.05, 3.63) is 80.5 Å². The maximum atomic E-state index is 13.0. The molecule has 164 valence electrons. The summed E-state index contributed by atoms with van der Waals surface area (Å²) in [5.74, 6) is 0.242. The van der Waals surface area contributed by atoms with E-state index in [4.69, 9.17) is 4.98 Å². The molecule has 4 aromatic rings. The van der Waals surface area contributed by atoms with Gasteiger partial charge in [0.05, 0.1) is 16.7 Å². The number of fused-ring (bicyclic) bond motifs is 1. The lowest BCUT2D eigenvalue weighted by Gasteiger charge is -2.12. The number of nitrogens with one attached hydrogen (secondary N) is 1. The molecule has 4 rings (SSSR count). The quantitative estimate of drug-likeness (QED) is 0.293. The molecular formula is C23H23N5O2S2. The maximum Gasteiger partial charge on any atom is 0.282 e. The smallest absolute Gasteiger partial charge is 0.282 e. The van der Waals surface area contributed by atoms with Crippen LogP contribution in [0.1, 0.15) is 40.1 Å². The van der Waals surface area contributed by atoms with Gasteiger partial charge in [0.2, 0.25) is 5.01 Å². The molecule has 0 radical (unpaired) electrons. The number of carbonyl (C=O) groups excluding carboxylic acids is 1. The molecule has 0 aliphatic carbocycles. The van der Waals surface area contributed by atoms with Crippen molar-refractivity contribution in [3.63, 3.8) is 0 Å². The summed E-state index contributed by atoms with van der Waals surface area (Å²) in [4.78, 5) is 30.1. The van der Waals surface area contributed by atoms with Crippen LogP contribution in [0, 0.1) is 0 Å². The van der Waals surface area contributed by atoms with Crippen LogP contribution in [0.3, 0.4) is 0 Å². The van der Waals surface area contributed by atoms with E-state index in [0.29, 0.717) is 44.9 Å². The second-order valence-corrected chi connectivity index (χ2v) is 9.18. The van der Waals surface area contributed by atoms with Crippen molar-refractivity contribution >= 4 is 39.9 Å². The molecule has 0 bridgehead atoms. The molecule has 7 nitrogen and oxygen atoms in total. The van der Waals surface area contributed by atoms with Gasteiger partial charge in [-0.2, -0.15) is 0 Å². The first-order valence-corrected chi connectivity index (χ1v) is 12.2. The predicted molar refractivity (Wildman–Crippen MR) is 128 cm³/mol. The van der Waals surface area contributed by atoms with Crippen LogP contribution in [0.25, 0.3) is 10.9 Å². The Hall–Kier alpha value is -3.04. The normalized spacial score (nSPS) is 11.0. The van der Waals surface area contributed by atoms with Crippen molar-refractivity contribution in [2.75, 3.05) is 0 Å². The van der Waals surface area contributed by atoms with Crippen LogP contribution in [0.5, 0.6) is 0 Å². The van der Waals surface area contributed by atoms with Crippen molar-refractivity contribution in [2.45, 2.75) is 43.8 Å². The van der Waals surface area contributed by atoms with Gasteiger partial charge < -0.3 is 5.32 Å². The maximum absolute atomic E-state index is 13.0. The zero-order valence-corrected chi connectivity index (χ0v) is 19.3. The number of hydrogen-bond donors (Lipinski definition) is 1. The SMILES string of the molecule is CCCCn1c(SCc2nnc(C(=O)NCc3ccccc3)s2)nc2ccccc2c1=O. The number of para-hydroxylation sites is 1. The van der Waals surface area contributed by atoms with Crippen molar-refractivity contribution < 1.29 is 4.79 Å². The van der Waals surface area contributed by atoms with Gasteiger partial charge in [0.15, 0.2) is 5.16 Å². The molecule has 0 unspecified atom stereocenters. The number of carbonyl (C=O) groups is 1. The number of thioether (sulfide) groups is 1. The average Bonchev–Trinajstić information content (AvgIpc) is 3.31. The second kappa shape index (κ2) is 10.5. The Morgan fingerprint density at radius 3 is 2.69 bits per heavy atom. The van der Waals surface area contributed by atoms with Crippen LogP contribution >= 0.6 is 23.1 Å². The number of rotatable bonds is 9. The van der Waals surface area contributed by atoms with E-state index in [2.05, 4.69) is 22.4 Å². The molecule has 9 heteroatoms. The molecule has 0 fully saturated rings. The van der Waals surface area contributed by atoms with Crippen molar-refractivity contribution in [3.8, 4) is 0 Å². The highest BCUT2D eigenvalue weighted by Gasteiger charge is 2.15. The molecule has 2 aromatic carbocycles. The lowest BCUT2D eigenvalue weighted by atomic mass is 10.2. The summed E-state index contributed by atoms with van der Waals surface area (Å²) in [6.07, 6.45) is 1.89. The Bertz CT molecular complexity index is 1270. The highest BCUT2D eigenvalue weighted by molar-refractivity contribution is 7.98. The third-order valence-electron chi connectivity index (χ3n) is 4.84. The summed E-state index contributed by atoms with van der Waals surface area (Å²) in [6, 6.07) is 17.1. The molecule has 0 spiro atoms. The Labute approximate surface area is 193 Å². The van der Waals surface area contributed by atoms with E-state index in [1.165, 1.54) is 23.1 Å². The van der Waals surface area contributed by atoms with Gasteiger partial charge in [0.1, 0.15) is 5.01 Å². The monoisotopic (exact) mass is 465 g/mol. The van der Waals surface area contributed by atoms with E-state index in [0.717, 1.165) is 18.4 Å². The van der Waals surface area contributed by atoms with Crippen molar-refractivity contribution in [1.29, 1.82) is 0 Å². The Kier molecular flexibility index (Phi) is 7.28. The molecule has 2 heterocycles. The van der Waals surface area contributed by atoms with Gasteiger partial charge in [-0.1, -0.05) is 78.9 Å².